The van der Waals surface area contributed by atoms with Gasteiger partial charge in [0.2, 0.25) is 0 Å². The van der Waals surface area contributed by atoms with E-state index in [-0.39, 0.29) is 0 Å². The summed E-state index contributed by atoms with van der Waals surface area (Å²) >= 11 is 5.95. The molecule has 4 heteroatoms. The van der Waals surface area contributed by atoms with Crippen molar-refractivity contribution in [2.24, 2.45) is 5.41 Å². The fourth-order valence-corrected chi connectivity index (χ4v) is 1.27. The fraction of sp³-hybridized carbons (Fsp3) is 0.455. The molecule has 0 N–H and O–H groups in total. The summed E-state index contributed by atoms with van der Waals surface area (Å²) in [5.41, 5.74) is -1.95. The molecule has 0 saturated heterocycles. The van der Waals surface area contributed by atoms with Crippen molar-refractivity contribution in [3.8, 4) is 0 Å². The first-order valence-electron chi connectivity index (χ1n) is 4.49. The van der Waals surface area contributed by atoms with E-state index in [1.165, 1.54) is 18.2 Å². The summed E-state index contributed by atoms with van der Waals surface area (Å²) in [6.07, 6.45) is 3.81. The van der Waals surface area contributed by atoms with E-state index in [1.807, 2.05) is 0 Å². The summed E-state index contributed by atoms with van der Waals surface area (Å²) in [6, 6.07) is 0. The molecule has 84 valence electrons. The minimum absolute atomic E-state index is 0.864. The second-order valence-corrected chi connectivity index (χ2v) is 4.80. The second-order valence-electron chi connectivity index (χ2n) is 3.98. The van der Waals surface area contributed by atoms with Crippen molar-refractivity contribution in [1.29, 1.82) is 0 Å². The van der Waals surface area contributed by atoms with Crippen LogP contribution >= 0.6 is 11.6 Å². The Kier molecular flexibility index (Phi) is 3.06. The predicted molar refractivity (Wildman–Crippen MR) is 55.8 cm³/mol. The largest absolute Gasteiger partial charge is 0.400 e. The third-order valence-electron chi connectivity index (χ3n) is 2.34. The van der Waals surface area contributed by atoms with Crippen LogP contribution in [0.4, 0.5) is 13.2 Å². The standard InChI is InChI=1S/C11H12ClF3/c1-9(11(13,14)15)5-3-4-6-10(2,12)8-7-9/h3-8H,1-2H3/b5-3-,6-4-,8-7?/t9-,10?/m0/s1. The van der Waals surface area contributed by atoms with Gasteiger partial charge in [-0.05, 0) is 13.8 Å². The maximum Gasteiger partial charge on any atom is 0.400 e. The Morgan fingerprint density at radius 3 is 2.00 bits per heavy atom. The molecule has 0 aliphatic heterocycles. The van der Waals surface area contributed by atoms with Crippen LogP contribution in [0.15, 0.2) is 36.5 Å². The summed E-state index contributed by atoms with van der Waals surface area (Å²) < 4.78 is 38.2. The van der Waals surface area contributed by atoms with Crippen LogP contribution in [-0.2, 0) is 0 Å². The molecule has 0 amide bonds. The van der Waals surface area contributed by atoms with Crippen LogP contribution in [0.3, 0.4) is 0 Å². The van der Waals surface area contributed by atoms with E-state index in [0.717, 1.165) is 19.1 Å². The molecule has 1 aliphatic carbocycles. The molecule has 1 aliphatic rings. The van der Waals surface area contributed by atoms with Crippen molar-refractivity contribution >= 4 is 11.6 Å². The first kappa shape index (κ1) is 12.4. The molecular formula is C11H12ClF3. The highest BCUT2D eigenvalue weighted by Gasteiger charge is 2.47. The van der Waals surface area contributed by atoms with Gasteiger partial charge in [0.05, 0.1) is 10.3 Å². The lowest BCUT2D eigenvalue weighted by Gasteiger charge is -2.27. The molecule has 0 bridgehead atoms. The van der Waals surface area contributed by atoms with Crippen molar-refractivity contribution in [2.75, 3.05) is 0 Å². The number of rotatable bonds is 0. The van der Waals surface area contributed by atoms with E-state index in [2.05, 4.69) is 0 Å². The molecule has 0 aromatic rings. The average Bonchev–Trinajstić information content (AvgIpc) is 2.05. The molecule has 15 heavy (non-hydrogen) atoms. The molecule has 1 unspecified atom stereocenters. The van der Waals surface area contributed by atoms with Gasteiger partial charge in [0, 0.05) is 0 Å². The molecule has 0 aromatic heterocycles. The van der Waals surface area contributed by atoms with Gasteiger partial charge in [-0.3, -0.25) is 0 Å². The van der Waals surface area contributed by atoms with Gasteiger partial charge < -0.3 is 0 Å². The molecule has 2 atom stereocenters. The number of hydrogen-bond acceptors (Lipinski definition) is 0. The SMILES string of the molecule is CC1(Cl)C=C[C@@](C)(C(F)(F)F)/C=C\C=C/1. The smallest absolute Gasteiger partial charge is 0.170 e. The molecular weight excluding hydrogens is 225 g/mol. The van der Waals surface area contributed by atoms with Crippen LogP contribution in [0.5, 0.6) is 0 Å². The van der Waals surface area contributed by atoms with Crippen LogP contribution in [0.1, 0.15) is 13.8 Å². The number of alkyl halides is 4. The van der Waals surface area contributed by atoms with E-state index >= 15 is 0 Å². The molecule has 0 saturated carbocycles. The van der Waals surface area contributed by atoms with E-state index in [9.17, 15) is 13.2 Å². The lowest BCUT2D eigenvalue weighted by Crippen LogP contribution is -2.32. The average molecular weight is 237 g/mol. The lowest BCUT2D eigenvalue weighted by atomic mass is 9.86. The molecule has 0 aromatic carbocycles. The minimum atomic E-state index is -4.31. The maximum atomic E-state index is 12.7. The van der Waals surface area contributed by atoms with Crippen LogP contribution in [0, 0.1) is 5.41 Å². The quantitative estimate of drug-likeness (QED) is 0.436. The molecule has 0 nitrogen and oxygen atoms in total. The van der Waals surface area contributed by atoms with Crippen LogP contribution in [0.2, 0.25) is 0 Å². The monoisotopic (exact) mass is 236 g/mol. The van der Waals surface area contributed by atoms with Crippen LogP contribution < -0.4 is 0 Å². The number of allylic oxidation sites excluding steroid dienone is 6. The van der Waals surface area contributed by atoms with Crippen molar-refractivity contribution in [3.63, 3.8) is 0 Å². The van der Waals surface area contributed by atoms with Gasteiger partial charge in [0.1, 0.15) is 0 Å². The predicted octanol–water partition coefficient (Wildman–Crippen LogP) is 4.23. The van der Waals surface area contributed by atoms with Gasteiger partial charge in [0.15, 0.2) is 0 Å². The fourth-order valence-electron chi connectivity index (χ4n) is 1.14. The van der Waals surface area contributed by atoms with Crippen molar-refractivity contribution in [1.82, 2.24) is 0 Å². The number of hydrogen-bond donors (Lipinski definition) is 0. The number of halogens is 4. The Bertz CT molecular complexity index is 323. The highest BCUT2D eigenvalue weighted by Crippen LogP contribution is 2.42. The zero-order chi connectivity index (χ0) is 11.7. The third-order valence-corrected chi connectivity index (χ3v) is 2.59. The normalized spacial score (nSPS) is 40.7. The van der Waals surface area contributed by atoms with Gasteiger partial charge in [-0.15, -0.1) is 11.6 Å². The molecule has 0 radical (unpaired) electrons. The Labute approximate surface area is 92.1 Å². The lowest BCUT2D eigenvalue weighted by molar-refractivity contribution is -0.183. The van der Waals surface area contributed by atoms with E-state index in [0.29, 0.717) is 0 Å². The van der Waals surface area contributed by atoms with E-state index in [4.69, 9.17) is 11.6 Å². The summed E-state index contributed by atoms with van der Waals surface area (Å²) in [6.45, 7) is 2.75. The Morgan fingerprint density at radius 1 is 0.933 bits per heavy atom. The van der Waals surface area contributed by atoms with Crippen LogP contribution in [-0.4, -0.2) is 11.1 Å². The Balaban J connectivity index is 3.15. The van der Waals surface area contributed by atoms with E-state index < -0.39 is 16.5 Å². The molecule has 0 heterocycles. The summed E-state index contributed by atoms with van der Waals surface area (Å²) in [4.78, 5) is -0.864. The molecule has 0 spiro atoms. The van der Waals surface area contributed by atoms with Crippen LogP contribution in [0.25, 0.3) is 0 Å². The maximum absolute atomic E-state index is 12.7. The van der Waals surface area contributed by atoms with Gasteiger partial charge in [-0.2, -0.15) is 13.2 Å². The Morgan fingerprint density at radius 2 is 1.47 bits per heavy atom. The zero-order valence-corrected chi connectivity index (χ0v) is 9.23. The van der Waals surface area contributed by atoms with Crippen molar-refractivity contribution < 1.29 is 13.2 Å². The topological polar surface area (TPSA) is 0 Å². The minimum Gasteiger partial charge on any atom is -0.170 e. The molecule has 1 rings (SSSR count). The highest BCUT2D eigenvalue weighted by atomic mass is 35.5. The Hall–Kier alpha value is -0.700. The molecule has 0 fully saturated rings. The van der Waals surface area contributed by atoms with Crippen molar-refractivity contribution in [2.45, 2.75) is 24.9 Å². The summed E-state index contributed by atoms with van der Waals surface area (Å²) in [5.74, 6) is 0. The third kappa shape index (κ3) is 2.88. The second kappa shape index (κ2) is 3.71. The van der Waals surface area contributed by atoms with Gasteiger partial charge in [0.25, 0.3) is 0 Å². The van der Waals surface area contributed by atoms with Gasteiger partial charge in [-0.1, -0.05) is 36.5 Å². The highest BCUT2D eigenvalue weighted by molar-refractivity contribution is 6.26. The zero-order valence-electron chi connectivity index (χ0n) is 8.48. The van der Waals surface area contributed by atoms with E-state index in [1.54, 1.807) is 13.0 Å². The first-order chi connectivity index (χ1) is 6.66. The van der Waals surface area contributed by atoms with Crippen molar-refractivity contribution in [3.05, 3.63) is 36.5 Å². The summed E-state index contributed by atoms with van der Waals surface area (Å²) in [5, 5.41) is 0. The van der Waals surface area contributed by atoms with Gasteiger partial charge >= 0.3 is 6.18 Å². The first-order valence-corrected chi connectivity index (χ1v) is 4.87. The summed E-state index contributed by atoms with van der Waals surface area (Å²) in [7, 11) is 0. The van der Waals surface area contributed by atoms with Gasteiger partial charge in [-0.25, -0.2) is 0 Å².